The van der Waals surface area contributed by atoms with Gasteiger partial charge in [-0.2, -0.15) is 0 Å². The average Bonchev–Trinajstić information content (AvgIpc) is 3.01. The number of piperidine rings is 1. The molecular formula is C18H35N3. The predicted molar refractivity (Wildman–Crippen MR) is 88.9 cm³/mol. The first-order valence-corrected chi connectivity index (χ1v) is 9.47. The minimum Gasteiger partial charge on any atom is -0.296 e. The number of rotatable bonds is 4. The van der Waals surface area contributed by atoms with Gasteiger partial charge in [-0.1, -0.05) is 39.0 Å². The van der Waals surface area contributed by atoms with Gasteiger partial charge in [0.05, 0.1) is 0 Å². The largest absolute Gasteiger partial charge is 0.296 e. The summed E-state index contributed by atoms with van der Waals surface area (Å²) in [4.78, 5) is 2.84. The summed E-state index contributed by atoms with van der Waals surface area (Å²) >= 11 is 0. The Labute approximate surface area is 131 Å². The van der Waals surface area contributed by atoms with Crippen molar-refractivity contribution in [2.75, 3.05) is 13.1 Å². The molecule has 3 nitrogen and oxygen atoms in total. The molecule has 0 spiro atoms. The van der Waals surface area contributed by atoms with Crippen LogP contribution >= 0.6 is 0 Å². The summed E-state index contributed by atoms with van der Waals surface area (Å²) in [6.45, 7) is 5.03. The van der Waals surface area contributed by atoms with Crippen molar-refractivity contribution in [3.63, 3.8) is 0 Å². The number of nitrogens with one attached hydrogen (secondary N) is 1. The summed E-state index contributed by atoms with van der Waals surface area (Å²) in [6, 6.07) is 0.519. The van der Waals surface area contributed by atoms with Crippen LogP contribution in [0, 0.1) is 11.8 Å². The van der Waals surface area contributed by atoms with E-state index in [1.165, 1.54) is 83.7 Å². The standard InChI is InChI=1S/C18H35N3/c1-15-7-9-16(10-8-15)17(20-19)18(11-3-4-12-18)21-13-5-2-6-14-21/h15-17,20H,2-14,19H2,1H3. The molecule has 3 heteroatoms. The van der Waals surface area contributed by atoms with E-state index in [9.17, 15) is 0 Å². The highest BCUT2D eigenvalue weighted by atomic mass is 15.3. The van der Waals surface area contributed by atoms with Gasteiger partial charge in [0.25, 0.3) is 0 Å². The van der Waals surface area contributed by atoms with Crippen LogP contribution in [-0.4, -0.2) is 29.6 Å². The highest BCUT2D eigenvalue weighted by molar-refractivity contribution is 5.06. The highest BCUT2D eigenvalue weighted by Crippen LogP contribution is 2.44. The molecule has 0 aromatic rings. The maximum absolute atomic E-state index is 6.13. The molecule has 0 aromatic heterocycles. The SMILES string of the molecule is CC1CCC(C(NN)C2(N3CCCCC3)CCCC2)CC1. The molecule has 0 bridgehead atoms. The zero-order valence-electron chi connectivity index (χ0n) is 13.9. The van der Waals surface area contributed by atoms with Crippen molar-refractivity contribution >= 4 is 0 Å². The molecule has 122 valence electrons. The van der Waals surface area contributed by atoms with Crippen molar-refractivity contribution in [3.05, 3.63) is 0 Å². The van der Waals surface area contributed by atoms with E-state index in [2.05, 4.69) is 17.2 Å². The van der Waals surface area contributed by atoms with Gasteiger partial charge in [-0.05, 0) is 63.5 Å². The lowest BCUT2D eigenvalue weighted by Crippen LogP contribution is -2.65. The zero-order chi connectivity index (χ0) is 14.7. The molecule has 1 heterocycles. The Morgan fingerprint density at radius 2 is 1.57 bits per heavy atom. The van der Waals surface area contributed by atoms with Gasteiger partial charge in [0.2, 0.25) is 0 Å². The first-order chi connectivity index (χ1) is 10.3. The van der Waals surface area contributed by atoms with Crippen LogP contribution in [0.4, 0.5) is 0 Å². The normalized spacial score (nSPS) is 35.7. The Morgan fingerprint density at radius 3 is 2.14 bits per heavy atom. The number of hydrogen-bond acceptors (Lipinski definition) is 3. The van der Waals surface area contributed by atoms with Crippen LogP contribution in [-0.2, 0) is 0 Å². The molecule has 2 saturated carbocycles. The van der Waals surface area contributed by atoms with Crippen molar-refractivity contribution < 1.29 is 0 Å². The third-order valence-electron chi connectivity index (χ3n) is 6.75. The molecule has 3 rings (SSSR count). The van der Waals surface area contributed by atoms with Crippen molar-refractivity contribution in [3.8, 4) is 0 Å². The van der Waals surface area contributed by atoms with E-state index in [-0.39, 0.29) is 0 Å². The van der Waals surface area contributed by atoms with Gasteiger partial charge >= 0.3 is 0 Å². The zero-order valence-corrected chi connectivity index (χ0v) is 13.9. The fraction of sp³-hybridized carbons (Fsp3) is 1.00. The second kappa shape index (κ2) is 6.97. The van der Waals surface area contributed by atoms with Crippen LogP contribution in [0.5, 0.6) is 0 Å². The van der Waals surface area contributed by atoms with Gasteiger partial charge in [-0.15, -0.1) is 0 Å². The van der Waals surface area contributed by atoms with E-state index in [1.54, 1.807) is 0 Å². The molecule has 0 amide bonds. The number of nitrogens with two attached hydrogens (primary N) is 1. The van der Waals surface area contributed by atoms with Crippen LogP contribution in [0.3, 0.4) is 0 Å². The lowest BCUT2D eigenvalue weighted by molar-refractivity contribution is 0.00760. The van der Waals surface area contributed by atoms with E-state index >= 15 is 0 Å². The van der Waals surface area contributed by atoms with E-state index in [0.717, 1.165) is 11.8 Å². The number of likely N-dealkylation sites (tertiary alicyclic amines) is 1. The molecule has 3 N–H and O–H groups in total. The van der Waals surface area contributed by atoms with E-state index in [4.69, 9.17) is 5.84 Å². The molecule has 21 heavy (non-hydrogen) atoms. The van der Waals surface area contributed by atoms with Crippen molar-refractivity contribution in [2.45, 2.75) is 89.1 Å². The van der Waals surface area contributed by atoms with Gasteiger partial charge in [0.15, 0.2) is 0 Å². The summed E-state index contributed by atoms with van der Waals surface area (Å²) in [7, 11) is 0. The summed E-state index contributed by atoms with van der Waals surface area (Å²) in [6.07, 6.45) is 15.3. The molecule has 1 saturated heterocycles. The molecule has 3 aliphatic rings. The molecule has 1 atom stereocenters. The second-order valence-corrected chi connectivity index (χ2v) is 8.02. The third-order valence-corrected chi connectivity index (χ3v) is 6.75. The van der Waals surface area contributed by atoms with Gasteiger partial charge in [0.1, 0.15) is 0 Å². The Hall–Kier alpha value is -0.120. The Morgan fingerprint density at radius 1 is 0.952 bits per heavy atom. The number of nitrogens with zero attached hydrogens (tertiary/aromatic N) is 1. The average molecular weight is 293 g/mol. The molecule has 0 aromatic carbocycles. The first-order valence-electron chi connectivity index (χ1n) is 9.47. The van der Waals surface area contributed by atoms with Crippen LogP contribution in [0.15, 0.2) is 0 Å². The molecule has 1 aliphatic heterocycles. The highest BCUT2D eigenvalue weighted by Gasteiger charge is 2.48. The number of hydrazine groups is 1. The molecule has 0 radical (unpaired) electrons. The molecule has 3 fully saturated rings. The quantitative estimate of drug-likeness (QED) is 0.616. The minimum atomic E-state index is 0.375. The summed E-state index contributed by atoms with van der Waals surface area (Å²) in [5.74, 6) is 7.86. The molecule has 2 aliphatic carbocycles. The van der Waals surface area contributed by atoms with Crippen LogP contribution in [0.25, 0.3) is 0 Å². The van der Waals surface area contributed by atoms with Crippen LogP contribution in [0.1, 0.15) is 77.6 Å². The topological polar surface area (TPSA) is 41.3 Å². The smallest absolute Gasteiger partial charge is 0.0422 e. The van der Waals surface area contributed by atoms with E-state index in [0.29, 0.717) is 11.6 Å². The Balaban J connectivity index is 1.77. The monoisotopic (exact) mass is 293 g/mol. The second-order valence-electron chi connectivity index (χ2n) is 8.02. The van der Waals surface area contributed by atoms with Crippen molar-refractivity contribution in [2.24, 2.45) is 17.7 Å². The minimum absolute atomic E-state index is 0.375. The summed E-state index contributed by atoms with van der Waals surface area (Å²) < 4.78 is 0. The van der Waals surface area contributed by atoms with Crippen LogP contribution < -0.4 is 11.3 Å². The molecular weight excluding hydrogens is 258 g/mol. The third kappa shape index (κ3) is 3.16. The van der Waals surface area contributed by atoms with Crippen molar-refractivity contribution in [1.82, 2.24) is 10.3 Å². The summed E-state index contributed by atoms with van der Waals surface area (Å²) in [5, 5.41) is 0. The molecule has 1 unspecified atom stereocenters. The number of hydrogen-bond donors (Lipinski definition) is 2. The maximum atomic E-state index is 6.13. The fourth-order valence-electron chi connectivity index (χ4n) is 5.50. The van der Waals surface area contributed by atoms with Gasteiger partial charge in [0, 0.05) is 11.6 Å². The Bertz CT molecular complexity index is 310. The van der Waals surface area contributed by atoms with Gasteiger partial charge in [-0.3, -0.25) is 16.2 Å². The van der Waals surface area contributed by atoms with E-state index < -0.39 is 0 Å². The predicted octanol–water partition coefficient (Wildman–Crippen LogP) is 3.44. The lowest BCUT2D eigenvalue weighted by Gasteiger charge is -2.51. The van der Waals surface area contributed by atoms with Gasteiger partial charge < -0.3 is 0 Å². The van der Waals surface area contributed by atoms with Crippen molar-refractivity contribution in [1.29, 1.82) is 0 Å². The Kier molecular flexibility index (Phi) is 5.23. The van der Waals surface area contributed by atoms with Gasteiger partial charge in [-0.25, -0.2) is 0 Å². The van der Waals surface area contributed by atoms with E-state index in [1.807, 2.05) is 0 Å². The lowest BCUT2D eigenvalue weighted by atomic mass is 9.71. The van der Waals surface area contributed by atoms with Crippen LogP contribution in [0.2, 0.25) is 0 Å². The maximum Gasteiger partial charge on any atom is 0.0422 e. The fourth-order valence-corrected chi connectivity index (χ4v) is 5.50. The summed E-state index contributed by atoms with van der Waals surface area (Å²) in [5.41, 5.74) is 3.70. The first kappa shape index (κ1) is 15.8.